The van der Waals surface area contributed by atoms with Crippen molar-refractivity contribution in [1.82, 2.24) is 41.2 Å². The molecule has 86 heavy (non-hydrogen) atoms. The number of nitrogens with zero attached hydrogens (tertiary/aromatic N) is 4. The number of likely N-dealkylation sites (tertiary alicyclic amines) is 1. The minimum absolute atomic E-state index is 0.0107. The van der Waals surface area contributed by atoms with Crippen LogP contribution in [0.15, 0.2) is 60.8 Å². The monoisotopic (exact) mass is 1210 g/mol. The summed E-state index contributed by atoms with van der Waals surface area (Å²) < 4.78 is 51.4. The fraction of sp³-hybridized carbons (Fsp3) is 0.650. The average Bonchev–Trinajstić information content (AvgIpc) is 4.29. The predicted molar refractivity (Wildman–Crippen MR) is 315 cm³/mol. The van der Waals surface area contributed by atoms with E-state index in [4.69, 9.17) is 48.4 Å². The van der Waals surface area contributed by atoms with Gasteiger partial charge in [-0.15, -0.1) is 5.10 Å². The number of rotatable bonds is 47. The molecule has 1 aliphatic carbocycles. The maximum atomic E-state index is 13.7. The minimum Gasteiger partial charge on any atom is -0.377 e. The maximum absolute atomic E-state index is 13.7. The van der Waals surface area contributed by atoms with E-state index in [0.29, 0.717) is 156 Å². The lowest BCUT2D eigenvalue weighted by Crippen LogP contribution is -2.54. The van der Waals surface area contributed by atoms with Crippen molar-refractivity contribution in [3.05, 3.63) is 77.6 Å². The highest BCUT2D eigenvalue weighted by atomic mass is 16.6. The number of hydrogen-bond acceptors (Lipinski definition) is 19. The molecule has 0 radical (unpaired) electrons. The van der Waals surface area contributed by atoms with Crippen LogP contribution in [0.2, 0.25) is 0 Å². The highest BCUT2D eigenvalue weighted by Gasteiger charge is 2.38. The summed E-state index contributed by atoms with van der Waals surface area (Å²) in [4.78, 5) is 91.0. The van der Waals surface area contributed by atoms with Crippen LogP contribution in [0.5, 0.6) is 0 Å². The van der Waals surface area contributed by atoms with Gasteiger partial charge in [-0.3, -0.25) is 38.5 Å². The molecule has 7 N–H and O–H groups in total. The lowest BCUT2D eigenvalue weighted by atomic mass is 9.81. The largest absolute Gasteiger partial charge is 0.377 e. The summed E-state index contributed by atoms with van der Waals surface area (Å²) in [5.41, 5.74) is 8.79. The van der Waals surface area contributed by atoms with E-state index in [-0.39, 0.29) is 74.1 Å². The van der Waals surface area contributed by atoms with Gasteiger partial charge in [0.15, 0.2) is 0 Å². The van der Waals surface area contributed by atoms with Gasteiger partial charge in [0, 0.05) is 43.5 Å². The van der Waals surface area contributed by atoms with Crippen LogP contribution in [0.25, 0.3) is 0 Å². The van der Waals surface area contributed by atoms with Crippen molar-refractivity contribution in [3.63, 3.8) is 0 Å². The summed E-state index contributed by atoms with van der Waals surface area (Å²) >= 11 is 0. The number of carbonyl (C=O) groups excluding carboxylic acids is 7. The van der Waals surface area contributed by atoms with Gasteiger partial charge in [-0.25, -0.2) is 4.68 Å². The van der Waals surface area contributed by atoms with E-state index in [1.54, 1.807) is 29.9 Å². The Morgan fingerprint density at radius 3 is 1.78 bits per heavy atom. The molecule has 26 heteroatoms. The molecule has 1 saturated heterocycles. The van der Waals surface area contributed by atoms with Crippen molar-refractivity contribution in [1.29, 1.82) is 0 Å². The first-order valence-corrected chi connectivity index (χ1v) is 30.1. The van der Waals surface area contributed by atoms with Crippen LogP contribution in [0.3, 0.4) is 0 Å². The van der Waals surface area contributed by atoms with E-state index in [9.17, 15) is 33.6 Å². The summed E-state index contributed by atoms with van der Waals surface area (Å²) in [5, 5.41) is 22.3. The van der Waals surface area contributed by atoms with Crippen LogP contribution in [-0.2, 0) is 95.7 Å². The number of benzene rings is 2. The minimum atomic E-state index is -1.03. The molecule has 0 bridgehead atoms. The first-order valence-electron chi connectivity index (χ1n) is 30.1. The van der Waals surface area contributed by atoms with Crippen LogP contribution in [0, 0.1) is 24.7 Å². The number of nitrogens with one attached hydrogen (secondary N) is 5. The number of ether oxygens (including phenoxy) is 9. The Labute approximate surface area is 504 Å². The van der Waals surface area contributed by atoms with Crippen LogP contribution in [-0.4, -0.2) is 212 Å². The molecular formula is C60H92N10O16. The summed E-state index contributed by atoms with van der Waals surface area (Å²) in [5.74, 6) is -2.22. The number of aryl methyl sites for hydroxylation is 1. The number of imide groups is 1. The van der Waals surface area contributed by atoms with E-state index >= 15 is 0 Å². The zero-order valence-electron chi connectivity index (χ0n) is 50.2. The van der Waals surface area contributed by atoms with Crippen molar-refractivity contribution < 1.29 is 76.2 Å². The van der Waals surface area contributed by atoms with Gasteiger partial charge in [0.2, 0.25) is 41.4 Å². The number of unbranched alkanes of at least 4 members (excludes halogenated alkanes) is 1. The topological polar surface area (TPSA) is 323 Å². The predicted octanol–water partition coefficient (Wildman–Crippen LogP) is 1.65. The molecule has 1 aliphatic heterocycles. The van der Waals surface area contributed by atoms with Crippen molar-refractivity contribution >= 4 is 47.0 Å². The van der Waals surface area contributed by atoms with Crippen molar-refractivity contribution in [2.45, 2.75) is 96.8 Å². The standard InChI is InChI=1S/C60H92N10O16/c1-45-11-17-50(18-12-45)64-58(75)52(10-6-7-19-61)66-59(76)53(39-47-8-4-3-5-9-47)65-55(72)44-86-43-54(71)62-20-22-78-24-26-80-28-30-82-32-34-84-36-37-85-35-33-83-31-29-81-27-25-79-23-21-69-42-51(67-68-69)40-63-57(74)49-15-13-48(14-16-49)41-70-56(73)38-46(2)60(70)77/h3-5,8-9,11-12,17-18,42,46,48-49,52-53H,6-7,10,13-16,19-41,43-44,61H2,1-2H3,(H,62,71)(H,63,74)(H,64,75)(H,65,72)(H,66,76)/t46?,48?,49?,52-,53-/m0/s1. The van der Waals surface area contributed by atoms with Gasteiger partial charge in [0.25, 0.3) is 0 Å². The Hall–Kier alpha value is -6.33. The summed E-state index contributed by atoms with van der Waals surface area (Å²) in [7, 11) is 0. The first-order chi connectivity index (χ1) is 41.9. The second-order valence-electron chi connectivity index (χ2n) is 21.1. The van der Waals surface area contributed by atoms with Crippen molar-refractivity contribution in [3.8, 4) is 0 Å². The van der Waals surface area contributed by atoms with Gasteiger partial charge >= 0.3 is 0 Å². The Balaban J connectivity index is 0.746. The molecule has 1 unspecified atom stereocenters. The van der Waals surface area contributed by atoms with E-state index in [2.05, 4.69) is 36.9 Å². The van der Waals surface area contributed by atoms with E-state index in [1.807, 2.05) is 49.4 Å². The Morgan fingerprint density at radius 1 is 0.640 bits per heavy atom. The molecule has 2 heterocycles. The fourth-order valence-corrected chi connectivity index (χ4v) is 9.30. The molecule has 1 aromatic heterocycles. The van der Waals surface area contributed by atoms with E-state index in [0.717, 1.165) is 36.8 Å². The quantitative estimate of drug-likeness (QED) is 0.0346. The number of aromatic nitrogens is 3. The number of nitrogens with two attached hydrogens (primary N) is 1. The van der Waals surface area contributed by atoms with E-state index < -0.39 is 36.4 Å². The first kappa shape index (κ1) is 70.4. The Kier molecular flexibility index (Phi) is 34.8. The van der Waals surface area contributed by atoms with Gasteiger partial charge in [-0.05, 0) is 82.0 Å². The molecule has 3 atom stereocenters. The second-order valence-corrected chi connectivity index (χ2v) is 21.1. The smallest absolute Gasteiger partial charge is 0.246 e. The zero-order chi connectivity index (χ0) is 61.4. The number of anilines is 1. The lowest BCUT2D eigenvalue weighted by Gasteiger charge is -2.30. The third kappa shape index (κ3) is 29.4. The number of carbonyl (C=O) groups is 7. The maximum Gasteiger partial charge on any atom is 0.246 e. The SMILES string of the molecule is Cc1ccc(NC(=O)[C@H](CCCCN)NC(=O)[C@H](Cc2ccccc2)NC(=O)COCC(=O)NCCOCCOCCOCCOCCOCCOCCOCCOCCn2cc(CNC(=O)C3CCC(CN4C(=O)CC(C)C4=O)CC3)nn2)cc1. The molecule has 5 rings (SSSR count). The van der Waals surface area contributed by atoms with Crippen molar-refractivity contribution in [2.24, 2.45) is 23.5 Å². The second kappa shape index (κ2) is 42.5. The molecule has 2 aromatic carbocycles. The molecule has 2 aliphatic rings. The van der Waals surface area contributed by atoms with Crippen LogP contribution in [0.4, 0.5) is 5.69 Å². The molecule has 26 nitrogen and oxygen atoms in total. The van der Waals surface area contributed by atoms with Crippen LogP contribution >= 0.6 is 0 Å². The highest BCUT2D eigenvalue weighted by Crippen LogP contribution is 2.31. The zero-order valence-corrected chi connectivity index (χ0v) is 50.2. The number of hydrogen-bond donors (Lipinski definition) is 6. The Bertz CT molecular complexity index is 2430. The molecule has 0 spiro atoms. The lowest BCUT2D eigenvalue weighted by molar-refractivity contribution is -0.140. The fourth-order valence-electron chi connectivity index (χ4n) is 9.30. The van der Waals surface area contributed by atoms with Gasteiger partial charge in [0.1, 0.15) is 31.0 Å². The normalized spacial score (nSPS) is 16.6. The van der Waals surface area contributed by atoms with Crippen molar-refractivity contribution in [2.75, 3.05) is 144 Å². The molecular weight excluding hydrogens is 1120 g/mol. The van der Waals surface area contributed by atoms with Gasteiger partial charge in [-0.1, -0.05) is 60.2 Å². The summed E-state index contributed by atoms with van der Waals surface area (Å²) in [6.07, 6.45) is 6.96. The van der Waals surface area contributed by atoms with E-state index in [1.165, 1.54) is 4.90 Å². The molecule has 2 fully saturated rings. The average molecular weight is 1210 g/mol. The molecule has 1 saturated carbocycles. The van der Waals surface area contributed by atoms with Gasteiger partial charge in [0.05, 0.1) is 125 Å². The third-order valence-corrected chi connectivity index (χ3v) is 14.1. The van der Waals surface area contributed by atoms with Crippen LogP contribution in [0.1, 0.15) is 75.1 Å². The Morgan fingerprint density at radius 2 is 1.21 bits per heavy atom. The molecule has 478 valence electrons. The summed E-state index contributed by atoms with van der Waals surface area (Å²) in [6, 6.07) is 14.6. The van der Waals surface area contributed by atoms with Crippen LogP contribution < -0.4 is 32.3 Å². The highest BCUT2D eigenvalue weighted by molar-refractivity contribution is 6.03. The van der Waals surface area contributed by atoms with Gasteiger partial charge in [-0.2, -0.15) is 0 Å². The number of amides is 7. The summed E-state index contributed by atoms with van der Waals surface area (Å²) in [6.45, 7) is 11.2. The molecule has 3 aromatic rings. The third-order valence-electron chi connectivity index (χ3n) is 14.1. The van der Waals surface area contributed by atoms with Gasteiger partial charge < -0.3 is 74.9 Å². The molecule has 7 amide bonds.